The Morgan fingerprint density at radius 2 is 1.71 bits per heavy atom. The van der Waals surface area contributed by atoms with Gasteiger partial charge in [-0.2, -0.15) is 0 Å². The average Bonchev–Trinajstić information content (AvgIpc) is 4.09. The van der Waals surface area contributed by atoms with Gasteiger partial charge in [-0.05, 0) is 60.6 Å². The van der Waals surface area contributed by atoms with Gasteiger partial charge in [0.2, 0.25) is 11.9 Å². The molecular formula is C53H57N3O19. The van der Waals surface area contributed by atoms with E-state index in [0.29, 0.717) is 29.8 Å². The normalized spacial score (nSPS) is 32.7. The summed E-state index contributed by atoms with van der Waals surface area (Å²) in [5, 5.41) is 127. The van der Waals surface area contributed by atoms with Crippen LogP contribution in [-0.2, 0) is 36.6 Å². The first kappa shape index (κ1) is 51.7. The van der Waals surface area contributed by atoms with Gasteiger partial charge in [-0.25, -0.2) is 9.59 Å². The summed E-state index contributed by atoms with van der Waals surface area (Å²) in [5.74, 6) is -5.20. The highest BCUT2D eigenvalue weighted by Gasteiger charge is 2.69. The van der Waals surface area contributed by atoms with E-state index in [1.807, 2.05) is 13.0 Å². The summed E-state index contributed by atoms with van der Waals surface area (Å²) in [6.07, 6.45) is -9.01. The second-order valence-electron chi connectivity index (χ2n) is 20.0. The SMILES string of the molecule is CCC1=CC(C2C=C(Cc3ccc[nH]3)C3(Oc4cc5oc(-c6cc(O)c(O)c(CCO)c6)cc(=O)c5c(O)c42)OC2(CC#CC4(C(=O)O)OC(OC2=O)C(O)C(O)C4O)C(O)C(O)C3O)=C(CC2CCCC2)NC1N. The number of fused-ring (bicyclic) bond motifs is 4. The van der Waals surface area contributed by atoms with Crippen LogP contribution in [0.15, 0.2) is 86.4 Å². The van der Waals surface area contributed by atoms with Crippen LogP contribution in [0.1, 0.15) is 74.6 Å². The number of rotatable bonds is 10. The molecule has 5 aliphatic heterocycles. The van der Waals surface area contributed by atoms with E-state index in [4.69, 9.17) is 29.1 Å². The van der Waals surface area contributed by atoms with E-state index in [9.17, 15) is 70.6 Å². The molecule has 7 heterocycles. The molecule has 22 nitrogen and oxygen atoms in total. The maximum absolute atomic E-state index is 14.9. The predicted molar refractivity (Wildman–Crippen MR) is 259 cm³/mol. The van der Waals surface area contributed by atoms with E-state index in [2.05, 4.69) is 22.1 Å². The van der Waals surface area contributed by atoms with Crippen LogP contribution < -0.4 is 21.2 Å². The quantitative estimate of drug-likeness (QED) is 0.0454. The fraction of sp³-hybridized carbons (Fsp3) is 0.453. The van der Waals surface area contributed by atoms with E-state index in [-0.39, 0.29) is 63.5 Å². The number of aliphatic carboxylic acids is 1. The van der Waals surface area contributed by atoms with E-state index in [1.165, 1.54) is 12.1 Å². The summed E-state index contributed by atoms with van der Waals surface area (Å²) in [7, 11) is 0. The fourth-order valence-electron chi connectivity index (χ4n) is 11.3. The minimum atomic E-state index is -3.03. The van der Waals surface area contributed by atoms with Gasteiger partial charge in [0.1, 0.15) is 58.7 Å². The van der Waals surface area contributed by atoms with Crippen molar-refractivity contribution in [1.29, 1.82) is 0 Å². The van der Waals surface area contributed by atoms with E-state index in [1.54, 1.807) is 24.4 Å². The molecule has 398 valence electrons. The Labute approximate surface area is 426 Å². The van der Waals surface area contributed by atoms with Crippen molar-refractivity contribution in [3.8, 4) is 46.2 Å². The molecule has 1 saturated carbocycles. The number of carboxylic acid groups (broad SMARTS) is 1. The Morgan fingerprint density at radius 1 is 0.947 bits per heavy atom. The third-order valence-corrected chi connectivity index (χ3v) is 15.4. The Kier molecular flexibility index (Phi) is 13.4. The minimum absolute atomic E-state index is 0.0686. The molecule has 4 aromatic rings. The zero-order valence-corrected chi connectivity index (χ0v) is 40.3. The zero-order valence-electron chi connectivity index (χ0n) is 40.3. The van der Waals surface area contributed by atoms with Crippen LogP contribution in [0, 0.1) is 17.8 Å². The average molecular weight is 1040 g/mol. The number of esters is 1. The number of phenols is 3. The smallest absolute Gasteiger partial charge is 0.351 e. The fourth-order valence-corrected chi connectivity index (χ4v) is 11.3. The highest BCUT2D eigenvalue weighted by atomic mass is 16.8. The molecule has 2 aromatic carbocycles. The van der Waals surface area contributed by atoms with E-state index in [0.717, 1.165) is 43.4 Å². The van der Waals surface area contributed by atoms with Gasteiger partial charge in [0.25, 0.3) is 11.4 Å². The lowest BCUT2D eigenvalue weighted by Crippen LogP contribution is -2.75. The molecule has 3 fully saturated rings. The van der Waals surface area contributed by atoms with Crippen molar-refractivity contribution in [1.82, 2.24) is 10.3 Å². The van der Waals surface area contributed by atoms with Crippen LogP contribution in [0.25, 0.3) is 22.3 Å². The molecule has 10 rings (SSSR count). The summed E-state index contributed by atoms with van der Waals surface area (Å²) in [4.78, 5) is 45.3. The molecule has 6 aliphatic rings. The number of nitrogens with one attached hydrogen (secondary N) is 2. The predicted octanol–water partition coefficient (Wildman–Crippen LogP) is 0.904. The number of carbonyl (C=O) groups is 2. The molecule has 2 aromatic heterocycles. The van der Waals surface area contributed by atoms with Crippen LogP contribution in [0.4, 0.5) is 0 Å². The molecule has 12 atom stereocenters. The van der Waals surface area contributed by atoms with Crippen LogP contribution in [0.2, 0.25) is 0 Å². The van der Waals surface area contributed by atoms with Gasteiger partial charge in [0.15, 0.2) is 23.0 Å². The standard InChI is InChI=1S/C53H57N3O19/c1-2-24-17-29(31(56-47(24)54)15-23-7-3-4-8-23)30-20-27(19-28-9-5-13-55-28)53(73-36-22-35-38(40(61)37(30)36)32(58)21-34(71-35)26-16-25(10-14-57)39(60)33(59)18-26)46(67)43(64)45(66)52(75-53)12-6-11-51(49(68)69)44(65)41(62)42(63)48(74-51)72-50(52)70/h5,9,13,16-18,20-23,30,41-48,55-57,59-67H,2-4,7-8,10,12,14-15,19,54H2,1H3,(H,68,69). The number of aliphatic hydroxyl groups excluding tert-OH is 7. The van der Waals surface area contributed by atoms with Crippen molar-refractivity contribution < 1.29 is 89.1 Å². The van der Waals surface area contributed by atoms with Crippen LogP contribution in [-0.4, -0.2) is 146 Å². The van der Waals surface area contributed by atoms with Gasteiger partial charge in [-0.3, -0.25) is 4.79 Å². The van der Waals surface area contributed by atoms with Crippen LogP contribution >= 0.6 is 0 Å². The van der Waals surface area contributed by atoms with Crippen molar-refractivity contribution in [3.63, 3.8) is 0 Å². The lowest BCUT2D eigenvalue weighted by molar-refractivity contribution is -0.354. The largest absolute Gasteiger partial charge is 0.507 e. The van der Waals surface area contributed by atoms with Gasteiger partial charge in [0.05, 0.1) is 12.6 Å². The number of ether oxygens (including phenoxy) is 4. The maximum Gasteiger partial charge on any atom is 0.351 e. The summed E-state index contributed by atoms with van der Waals surface area (Å²) >= 11 is 0. The number of aliphatic hydroxyl groups is 7. The number of hydrogen-bond acceptors (Lipinski definition) is 20. The van der Waals surface area contributed by atoms with Crippen molar-refractivity contribution in [3.05, 3.63) is 104 Å². The lowest BCUT2D eigenvalue weighted by atomic mass is 9.77. The Balaban J connectivity index is 1.25. The molecule has 15 N–H and O–H groups in total. The molecule has 0 radical (unpaired) electrons. The number of carbonyl (C=O) groups excluding carboxylic acids is 1. The summed E-state index contributed by atoms with van der Waals surface area (Å²) < 4.78 is 31.0. The van der Waals surface area contributed by atoms with Gasteiger partial charge in [0, 0.05) is 70.9 Å². The molecule has 0 amide bonds. The highest BCUT2D eigenvalue weighted by molar-refractivity contribution is 5.90. The Morgan fingerprint density at radius 3 is 2.40 bits per heavy atom. The number of H-pyrrole nitrogens is 1. The first-order valence-electron chi connectivity index (χ1n) is 24.7. The number of dihydropyridines is 1. The number of phenolic OH excluding ortho intramolecular Hbond substituents is 3. The van der Waals surface area contributed by atoms with E-state index >= 15 is 0 Å². The molecule has 2 saturated heterocycles. The number of nitrogens with two attached hydrogens (primary N) is 1. The second-order valence-corrected chi connectivity index (χ2v) is 20.0. The maximum atomic E-state index is 14.9. The summed E-state index contributed by atoms with van der Waals surface area (Å²) in [6.45, 7) is 1.49. The number of hydrogen-bond donors (Lipinski definition) is 14. The Hall–Kier alpha value is -6.75. The molecule has 12 unspecified atom stereocenters. The van der Waals surface area contributed by atoms with Gasteiger partial charge in [-0.1, -0.05) is 56.6 Å². The monoisotopic (exact) mass is 1040 g/mol. The molecule has 75 heavy (non-hydrogen) atoms. The molecule has 2 bridgehead atoms. The number of carboxylic acids is 1. The van der Waals surface area contributed by atoms with Crippen molar-refractivity contribution >= 4 is 22.9 Å². The number of benzene rings is 2. The van der Waals surface area contributed by atoms with Crippen molar-refractivity contribution in [2.75, 3.05) is 6.61 Å². The third kappa shape index (κ3) is 8.43. The second kappa shape index (κ2) is 19.4. The van der Waals surface area contributed by atoms with Gasteiger partial charge < -0.3 is 95.6 Å². The van der Waals surface area contributed by atoms with Gasteiger partial charge in [-0.15, -0.1) is 0 Å². The van der Waals surface area contributed by atoms with Crippen molar-refractivity contribution in [2.24, 2.45) is 11.7 Å². The molecular weight excluding hydrogens is 983 g/mol. The van der Waals surface area contributed by atoms with Gasteiger partial charge >= 0.3 is 11.9 Å². The first-order valence-corrected chi connectivity index (χ1v) is 24.7. The zero-order chi connectivity index (χ0) is 53.5. The summed E-state index contributed by atoms with van der Waals surface area (Å²) in [6, 6.07) is 8.10. The third-order valence-electron chi connectivity index (χ3n) is 15.4. The summed E-state index contributed by atoms with van der Waals surface area (Å²) in [5.41, 5.74) is 1.97. The van der Waals surface area contributed by atoms with Crippen molar-refractivity contribution in [2.45, 2.75) is 137 Å². The first-order chi connectivity index (χ1) is 35.8. The Bertz CT molecular complexity index is 3170. The molecule has 22 heteroatoms. The minimum Gasteiger partial charge on any atom is -0.507 e. The molecule has 1 aliphatic carbocycles. The molecule has 2 spiro atoms. The van der Waals surface area contributed by atoms with Crippen LogP contribution in [0.5, 0.6) is 23.0 Å². The lowest BCUT2D eigenvalue weighted by Gasteiger charge is -2.53. The number of aromatic nitrogens is 1. The van der Waals surface area contributed by atoms with E-state index < -0.39 is 120 Å². The number of allylic oxidation sites excluding steroid dienone is 4. The number of aromatic amines is 1. The van der Waals surface area contributed by atoms with Crippen LogP contribution in [0.3, 0.4) is 0 Å². The number of aromatic hydroxyl groups is 3. The topological polar surface area (TPSA) is 378 Å². The highest BCUT2D eigenvalue weighted by Crippen LogP contribution is 2.55.